The van der Waals surface area contributed by atoms with E-state index in [1.54, 1.807) is 6.07 Å². The highest BCUT2D eigenvalue weighted by Gasteiger charge is 2.24. The third-order valence-electron chi connectivity index (χ3n) is 3.50. The van der Waals surface area contributed by atoms with E-state index >= 15 is 0 Å². The average molecular weight is 225 g/mol. The quantitative estimate of drug-likeness (QED) is 0.818. The third kappa shape index (κ3) is 2.24. The molecule has 2 rings (SSSR count). The Morgan fingerprint density at radius 1 is 1.12 bits per heavy atom. The summed E-state index contributed by atoms with van der Waals surface area (Å²) >= 11 is 0. The minimum absolute atomic E-state index is 0.296. The van der Waals surface area contributed by atoms with Gasteiger partial charge in [0.05, 0.1) is 0 Å². The van der Waals surface area contributed by atoms with Crippen LogP contribution in [0.25, 0.3) is 0 Å². The normalized spacial score (nSPS) is 19.7. The van der Waals surface area contributed by atoms with Crippen molar-refractivity contribution in [2.45, 2.75) is 38.1 Å². The summed E-state index contributed by atoms with van der Waals surface area (Å²) in [5.74, 6) is -1.28. The molecule has 0 unspecified atom stereocenters. The Kier molecular flexibility index (Phi) is 3.54. The van der Waals surface area contributed by atoms with Crippen molar-refractivity contribution in [3.8, 4) is 0 Å². The third-order valence-corrected chi connectivity index (χ3v) is 3.50. The van der Waals surface area contributed by atoms with E-state index in [4.69, 9.17) is 5.73 Å². The van der Waals surface area contributed by atoms with Crippen LogP contribution in [0.1, 0.15) is 43.7 Å². The monoisotopic (exact) mass is 225 g/mol. The smallest absolute Gasteiger partial charge is 0.163 e. The van der Waals surface area contributed by atoms with Gasteiger partial charge in [0.25, 0.3) is 0 Å². The van der Waals surface area contributed by atoms with Crippen LogP contribution in [-0.2, 0) is 0 Å². The van der Waals surface area contributed by atoms with Crippen molar-refractivity contribution in [2.75, 3.05) is 0 Å². The second-order valence-electron chi connectivity index (χ2n) is 4.57. The molecular weight excluding hydrogens is 208 g/mol. The summed E-state index contributed by atoms with van der Waals surface area (Å²) in [6.45, 7) is 0. The fourth-order valence-corrected chi connectivity index (χ4v) is 2.53. The Labute approximate surface area is 94.7 Å². The molecule has 16 heavy (non-hydrogen) atoms. The van der Waals surface area contributed by atoms with Gasteiger partial charge in [-0.2, -0.15) is 0 Å². The Hall–Kier alpha value is -0.960. The zero-order chi connectivity index (χ0) is 11.5. The number of hydrogen-bond acceptors (Lipinski definition) is 1. The van der Waals surface area contributed by atoms with Crippen LogP contribution in [0.15, 0.2) is 18.2 Å². The number of benzene rings is 1. The van der Waals surface area contributed by atoms with Gasteiger partial charge >= 0.3 is 0 Å². The van der Waals surface area contributed by atoms with Crippen molar-refractivity contribution >= 4 is 0 Å². The van der Waals surface area contributed by atoms with Crippen LogP contribution < -0.4 is 5.73 Å². The number of nitrogens with two attached hydrogens (primary N) is 1. The first-order valence-corrected chi connectivity index (χ1v) is 5.89. The van der Waals surface area contributed by atoms with Gasteiger partial charge in [0.2, 0.25) is 0 Å². The van der Waals surface area contributed by atoms with Crippen molar-refractivity contribution < 1.29 is 8.78 Å². The largest absolute Gasteiger partial charge is 0.324 e. The van der Waals surface area contributed by atoms with Gasteiger partial charge < -0.3 is 5.73 Å². The first-order valence-electron chi connectivity index (χ1n) is 5.89. The second-order valence-corrected chi connectivity index (χ2v) is 4.57. The minimum Gasteiger partial charge on any atom is -0.324 e. The van der Waals surface area contributed by atoms with E-state index in [1.165, 1.54) is 12.5 Å². The first-order chi connectivity index (χ1) is 7.70. The molecule has 0 bridgehead atoms. The molecule has 0 amide bonds. The van der Waals surface area contributed by atoms with E-state index in [0.29, 0.717) is 11.5 Å². The lowest BCUT2D eigenvalue weighted by molar-refractivity contribution is 0.301. The zero-order valence-electron chi connectivity index (χ0n) is 9.26. The Morgan fingerprint density at radius 3 is 2.50 bits per heavy atom. The van der Waals surface area contributed by atoms with Crippen molar-refractivity contribution in [1.29, 1.82) is 0 Å². The Balaban J connectivity index is 2.19. The Morgan fingerprint density at radius 2 is 1.81 bits per heavy atom. The lowest BCUT2D eigenvalue weighted by atomic mass is 9.81. The molecule has 88 valence electrons. The number of halogens is 2. The van der Waals surface area contributed by atoms with Crippen LogP contribution in [0, 0.1) is 17.6 Å². The van der Waals surface area contributed by atoms with Gasteiger partial charge in [-0.15, -0.1) is 0 Å². The molecule has 1 atom stereocenters. The molecule has 0 spiro atoms. The molecule has 3 heteroatoms. The average Bonchev–Trinajstić information content (AvgIpc) is 2.33. The highest BCUT2D eigenvalue weighted by Crippen LogP contribution is 2.34. The molecule has 1 aromatic carbocycles. The number of hydrogen-bond donors (Lipinski definition) is 1. The predicted molar refractivity (Wildman–Crippen MR) is 59.9 cm³/mol. The summed E-state index contributed by atoms with van der Waals surface area (Å²) in [5, 5.41) is 0. The van der Waals surface area contributed by atoms with Gasteiger partial charge in [0.1, 0.15) is 0 Å². The van der Waals surface area contributed by atoms with E-state index < -0.39 is 11.6 Å². The Bertz CT molecular complexity index is 359. The molecule has 0 aromatic heterocycles. The predicted octanol–water partition coefficient (Wildman–Crippen LogP) is 3.54. The minimum atomic E-state index is -0.802. The molecule has 1 aliphatic rings. The van der Waals surface area contributed by atoms with Crippen LogP contribution in [-0.4, -0.2) is 0 Å². The molecule has 0 heterocycles. The lowest BCUT2D eigenvalue weighted by Gasteiger charge is -2.27. The maximum absolute atomic E-state index is 13.6. The van der Waals surface area contributed by atoms with Crippen LogP contribution in [0.4, 0.5) is 8.78 Å². The molecule has 1 saturated carbocycles. The van der Waals surface area contributed by atoms with Crippen LogP contribution in [0.5, 0.6) is 0 Å². The van der Waals surface area contributed by atoms with Crippen LogP contribution >= 0.6 is 0 Å². The lowest BCUT2D eigenvalue weighted by Crippen LogP contribution is -2.24. The van der Waals surface area contributed by atoms with Crippen molar-refractivity contribution in [2.24, 2.45) is 11.7 Å². The summed E-state index contributed by atoms with van der Waals surface area (Å²) in [4.78, 5) is 0. The molecular formula is C13H17F2N. The SMILES string of the molecule is N[C@@H](c1cccc(F)c1F)C1CCCCC1. The molecule has 2 N–H and O–H groups in total. The van der Waals surface area contributed by atoms with Gasteiger partial charge in [-0.05, 0) is 24.8 Å². The summed E-state index contributed by atoms with van der Waals surface area (Å²) in [6, 6.07) is 3.89. The molecule has 1 fully saturated rings. The van der Waals surface area contributed by atoms with Crippen molar-refractivity contribution in [1.82, 2.24) is 0 Å². The maximum Gasteiger partial charge on any atom is 0.163 e. The topological polar surface area (TPSA) is 26.0 Å². The van der Waals surface area contributed by atoms with E-state index in [9.17, 15) is 8.78 Å². The second kappa shape index (κ2) is 4.91. The van der Waals surface area contributed by atoms with Gasteiger partial charge in [-0.25, -0.2) is 8.78 Å². The van der Waals surface area contributed by atoms with Crippen LogP contribution in [0.3, 0.4) is 0 Å². The molecule has 0 saturated heterocycles. The summed E-state index contributed by atoms with van der Waals surface area (Å²) in [5.41, 5.74) is 6.36. The summed E-state index contributed by atoms with van der Waals surface area (Å²) in [6.07, 6.45) is 5.58. The van der Waals surface area contributed by atoms with E-state index in [0.717, 1.165) is 31.7 Å². The van der Waals surface area contributed by atoms with E-state index in [2.05, 4.69) is 0 Å². The van der Waals surface area contributed by atoms with Gasteiger partial charge in [-0.1, -0.05) is 31.4 Å². The molecule has 1 aliphatic carbocycles. The van der Waals surface area contributed by atoms with Crippen molar-refractivity contribution in [3.63, 3.8) is 0 Å². The summed E-state index contributed by atoms with van der Waals surface area (Å²) in [7, 11) is 0. The van der Waals surface area contributed by atoms with Gasteiger partial charge in [0.15, 0.2) is 11.6 Å². The fraction of sp³-hybridized carbons (Fsp3) is 0.538. The molecule has 0 radical (unpaired) electrons. The first kappa shape index (κ1) is 11.5. The van der Waals surface area contributed by atoms with Gasteiger partial charge in [0, 0.05) is 11.6 Å². The molecule has 0 aliphatic heterocycles. The number of rotatable bonds is 2. The molecule has 1 aromatic rings. The highest BCUT2D eigenvalue weighted by atomic mass is 19.2. The standard InChI is InChI=1S/C13H17F2N/c14-11-8-4-7-10(12(11)15)13(16)9-5-2-1-3-6-9/h4,7-9,13H,1-3,5-6,16H2/t13-/m1/s1. The van der Waals surface area contributed by atoms with E-state index in [1.807, 2.05) is 0 Å². The van der Waals surface area contributed by atoms with Crippen molar-refractivity contribution in [3.05, 3.63) is 35.4 Å². The summed E-state index contributed by atoms with van der Waals surface area (Å²) < 4.78 is 26.6. The fourth-order valence-electron chi connectivity index (χ4n) is 2.53. The van der Waals surface area contributed by atoms with E-state index in [-0.39, 0.29) is 6.04 Å². The van der Waals surface area contributed by atoms with Gasteiger partial charge in [-0.3, -0.25) is 0 Å². The maximum atomic E-state index is 13.6. The molecule has 1 nitrogen and oxygen atoms in total. The van der Waals surface area contributed by atoms with Crippen LogP contribution in [0.2, 0.25) is 0 Å². The highest BCUT2D eigenvalue weighted by molar-refractivity contribution is 5.23. The zero-order valence-corrected chi connectivity index (χ0v) is 9.26.